The lowest BCUT2D eigenvalue weighted by molar-refractivity contribution is 0.0302. The monoisotopic (exact) mass is 311 g/mol. The number of para-hydroxylation sites is 1. The minimum atomic E-state index is -0.291. The summed E-state index contributed by atoms with van der Waals surface area (Å²) in [7, 11) is 0. The van der Waals surface area contributed by atoms with Crippen molar-refractivity contribution in [3.63, 3.8) is 0 Å². The molecule has 6 heteroatoms. The molecule has 118 valence electrons. The Bertz CT molecular complexity index is 697. The maximum Gasteiger partial charge on any atom is 0.257 e. The first-order valence-corrected chi connectivity index (χ1v) is 7.42. The molecule has 6 nitrogen and oxygen atoms in total. The Kier molecular flexibility index (Phi) is 4.63. The van der Waals surface area contributed by atoms with E-state index >= 15 is 0 Å². The van der Waals surface area contributed by atoms with E-state index in [0.717, 1.165) is 0 Å². The Morgan fingerprint density at radius 2 is 1.74 bits per heavy atom. The fourth-order valence-electron chi connectivity index (χ4n) is 2.35. The highest BCUT2D eigenvalue weighted by molar-refractivity contribution is 6.05. The number of hydrogen-bond donors (Lipinski definition) is 1. The van der Waals surface area contributed by atoms with Crippen LogP contribution in [0.3, 0.4) is 0 Å². The van der Waals surface area contributed by atoms with Crippen molar-refractivity contribution in [3.05, 3.63) is 59.9 Å². The van der Waals surface area contributed by atoms with Crippen LogP contribution in [0.15, 0.2) is 48.8 Å². The summed E-state index contributed by atoms with van der Waals surface area (Å²) in [6.45, 7) is 2.18. The van der Waals surface area contributed by atoms with Crippen LogP contribution in [0.2, 0.25) is 0 Å². The Labute approximate surface area is 134 Å². The third-order valence-electron chi connectivity index (χ3n) is 3.58. The van der Waals surface area contributed by atoms with Crippen molar-refractivity contribution >= 4 is 17.5 Å². The van der Waals surface area contributed by atoms with Crippen LogP contribution in [0, 0.1) is 0 Å². The maximum atomic E-state index is 12.4. The van der Waals surface area contributed by atoms with Crippen molar-refractivity contribution in [2.75, 3.05) is 31.6 Å². The highest BCUT2D eigenvalue weighted by Gasteiger charge is 2.20. The summed E-state index contributed by atoms with van der Waals surface area (Å²) in [6.07, 6.45) is 2.94. The van der Waals surface area contributed by atoms with Gasteiger partial charge < -0.3 is 15.0 Å². The maximum absolute atomic E-state index is 12.4. The van der Waals surface area contributed by atoms with Gasteiger partial charge in [-0.05, 0) is 18.2 Å². The number of aromatic nitrogens is 1. The van der Waals surface area contributed by atoms with Gasteiger partial charge in [0.15, 0.2) is 0 Å². The molecule has 0 aliphatic carbocycles. The van der Waals surface area contributed by atoms with Gasteiger partial charge in [0.05, 0.1) is 24.3 Å². The lowest BCUT2D eigenvalue weighted by Gasteiger charge is -2.26. The number of ether oxygens (including phenoxy) is 1. The highest BCUT2D eigenvalue weighted by Crippen LogP contribution is 2.11. The van der Waals surface area contributed by atoms with Gasteiger partial charge in [0.25, 0.3) is 11.8 Å². The Hall–Kier alpha value is -2.73. The number of anilines is 1. The predicted molar refractivity (Wildman–Crippen MR) is 85.4 cm³/mol. The number of amides is 2. The van der Waals surface area contributed by atoms with Crippen LogP contribution in [0.4, 0.5) is 5.69 Å². The van der Waals surface area contributed by atoms with Gasteiger partial charge in [0, 0.05) is 31.2 Å². The van der Waals surface area contributed by atoms with Crippen molar-refractivity contribution in [3.8, 4) is 0 Å². The van der Waals surface area contributed by atoms with E-state index in [1.54, 1.807) is 23.1 Å². The summed E-state index contributed by atoms with van der Waals surface area (Å²) in [5.74, 6) is -0.421. The third kappa shape index (κ3) is 3.73. The van der Waals surface area contributed by atoms with Crippen molar-refractivity contribution in [1.29, 1.82) is 0 Å². The zero-order chi connectivity index (χ0) is 16.1. The lowest BCUT2D eigenvalue weighted by Crippen LogP contribution is -2.40. The van der Waals surface area contributed by atoms with Crippen LogP contribution in [-0.4, -0.2) is 48.0 Å². The fraction of sp³-hybridized carbons (Fsp3) is 0.235. The molecule has 1 aromatic carbocycles. The minimum Gasteiger partial charge on any atom is -0.378 e. The Balaban J connectivity index is 1.74. The summed E-state index contributed by atoms with van der Waals surface area (Å²) in [4.78, 5) is 30.4. The van der Waals surface area contributed by atoms with Crippen LogP contribution in [0.1, 0.15) is 20.7 Å². The van der Waals surface area contributed by atoms with E-state index in [9.17, 15) is 9.59 Å². The normalized spacial score (nSPS) is 14.3. The third-order valence-corrected chi connectivity index (χ3v) is 3.58. The van der Waals surface area contributed by atoms with E-state index in [4.69, 9.17) is 4.74 Å². The number of benzene rings is 1. The SMILES string of the molecule is O=C(Nc1ccccc1)c1cncc(C(=O)N2CCOCC2)c1. The summed E-state index contributed by atoms with van der Waals surface area (Å²) >= 11 is 0. The summed E-state index contributed by atoms with van der Waals surface area (Å²) in [5, 5.41) is 2.78. The van der Waals surface area contributed by atoms with Crippen LogP contribution < -0.4 is 5.32 Å². The number of morpholine rings is 1. The molecule has 1 aromatic heterocycles. The molecule has 0 atom stereocenters. The van der Waals surface area contributed by atoms with E-state index in [2.05, 4.69) is 10.3 Å². The molecule has 0 spiro atoms. The van der Waals surface area contributed by atoms with Gasteiger partial charge in [-0.3, -0.25) is 14.6 Å². The Morgan fingerprint density at radius 3 is 2.48 bits per heavy atom. The number of hydrogen-bond acceptors (Lipinski definition) is 4. The average Bonchev–Trinajstić information content (AvgIpc) is 2.63. The summed E-state index contributed by atoms with van der Waals surface area (Å²) in [5.41, 5.74) is 1.46. The highest BCUT2D eigenvalue weighted by atomic mass is 16.5. The smallest absolute Gasteiger partial charge is 0.257 e. The van der Waals surface area contributed by atoms with Crippen molar-refractivity contribution in [2.24, 2.45) is 0 Å². The topological polar surface area (TPSA) is 71.5 Å². The predicted octanol–water partition coefficient (Wildman–Crippen LogP) is 1.81. The lowest BCUT2D eigenvalue weighted by atomic mass is 10.1. The van der Waals surface area contributed by atoms with Gasteiger partial charge in [-0.25, -0.2) is 0 Å². The molecule has 2 amide bonds. The standard InChI is InChI=1S/C17H17N3O3/c21-16(19-15-4-2-1-3-5-15)13-10-14(12-18-11-13)17(22)20-6-8-23-9-7-20/h1-5,10-12H,6-9H2,(H,19,21). The van der Waals surface area contributed by atoms with Crippen molar-refractivity contribution in [2.45, 2.75) is 0 Å². The molecule has 1 saturated heterocycles. The van der Waals surface area contributed by atoms with Gasteiger partial charge in [-0.15, -0.1) is 0 Å². The summed E-state index contributed by atoms with van der Waals surface area (Å²) < 4.78 is 5.24. The quantitative estimate of drug-likeness (QED) is 0.938. The number of nitrogens with one attached hydrogen (secondary N) is 1. The number of pyridine rings is 1. The van der Waals surface area contributed by atoms with Crippen LogP contribution >= 0.6 is 0 Å². The molecular formula is C17H17N3O3. The second-order valence-electron chi connectivity index (χ2n) is 5.19. The van der Waals surface area contributed by atoms with Gasteiger partial charge in [-0.2, -0.15) is 0 Å². The average molecular weight is 311 g/mol. The molecule has 0 saturated carbocycles. The van der Waals surface area contributed by atoms with Gasteiger partial charge in [-0.1, -0.05) is 18.2 Å². The van der Waals surface area contributed by atoms with Gasteiger partial charge in [0.2, 0.25) is 0 Å². The first-order chi connectivity index (χ1) is 11.2. The number of nitrogens with zero attached hydrogens (tertiary/aromatic N) is 2. The number of carbonyl (C=O) groups is 2. The molecule has 1 N–H and O–H groups in total. The van der Waals surface area contributed by atoms with Crippen molar-refractivity contribution in [1.82, 2.24) is 9.88 Å². The van der Waals surface area contributed by atoms with E-state index in [-0.39, 0.29) is 11.8 Å². The molecule has 1 aliphatic heterocycles. The molecule has 2 aromatic rings. The summed E-state index contributed by atoms with van der Waals surface area (Å²) in [6, 6.07) is 10.7. The van der Waals surface area contributed by atoms with Crippen LogP contribution in [0.25, 0.3) is 0 Å². The number of rotatable bonds is 3. The number of carbonyl (C=O) groups excluding carboxylic acids is 2. The van der Waals surface area contributed by atoms with Crippen LogP contribution in [-0.2, 0) is 4.74 Å². The zero-order valence-corrected chi connectivity index (χ0v) is 12.6. The zero-order valence-electron chi connectivity index (χ0n) is 12.6. The second kappa shape index (κ2) is 7.02. The van der Waals surface area contributed by atoms with E-state index in [1.807, 2.05) is 18.2 Å². The molecule has 0 unspecified atom stereocenters. The molecule has 1 aliphatic rings. The molecule has 0 radical (unpaired) electrons. The largest absolute Gasteiger partial charge is 0.378 e. The van der Waals surface area contributed by atoms with E-state index < -0.39 is 0 Å². The van der Waals surface area contributed by atoms with Crippen LogP contribution in [0.5, 0.6) is 0 Å². The van der Waals surface area contributed by atoms with Gasteiger partial charge in [0.1, 0.15) is 0 Å². The molecular weight excluding hydrogens is 294 g/mol. The van der Waals surface area contributed by atoms with E-state index in [0.29, 0.717) is 43.1 Å². The molecule has 0 bridgehead atoms. The molecule has 23 heavy (non-hydrogen) atoms. The first kappa shape index (κ1) is 15.2. The molecule has 2 heterocycles. The Morgan fingerprint density at radius 1 is 1.04 bits per heavy atom. The van der Waals surface area contributed by atoms with Crippen molar-refractivity contribution < 1.29 is 14.3 Å². The molecule has 3 rings (SSSR count). The first-order valence-electron chi connectivity index (χ1n) is 7.42. The fourth-order valence-corrected chi connectivity index (χ4v) is 2.35. The minimum absolute atomic E-state index is 0.129. The second-order valence-corrected chi connectivity index (χ2v) is 5.19. The molecule has 1 fully saturated rings. The van der Waals surface area contributed by atoms with E-state index in [1.165, 1.54) is 12.4 Å². The van der Waals surface area contributed by atoms with Gasteiger partial charge >= 0.3 is 0 Å².